The Bertz CT molecular complexity index is 1110. The molecule has 42 heavy (non-hydrogen) atoms. The zero-order valence-electron chi connectivity index (χ0n) is 27.5. The lowest BCUT2D eigenvalue weighted by Gasteiger charge is -2.62. The van der Waals surface area contributed by atoms with Crippen molar-refractivity contribution in [3.05, 3.63) is 11.1 Å². The van der Waals surface area contributed by atoms with Gasteiger partial charge in [0.15, 0.2) is 0 Å². The van der Waals surface area contributed by atoms with Crippen LogP contribution in [0, 0.1) is 51.2 Å². The first-order chi connectivity index (χ1) is 19.4. The van der Waals surface area contributed by atoms with Crippen LogP contribution < -0.4 is 0 Å². The van der Waals surface area contributed by atoms with Gasteiger partial charge in [-0.2, -0.15) is 0 Å². The van der Waals surface area contributed by atoms with E-state index in [1.165, 1.54) is 25.0 Å². The Morgan fingerprint density at radius 1 is 0.905 bits per heavy atom. The summed E-state index contributed by atoms with van der Waals surface area (Å²) in [4.78, 5) is 37.3. The second kappa shape index (κ2) is 11.6. The number of aliphatic hydroxyl groups is 1. The quantitative estimate of drug-likeness (QED) is 0.221. The zero-order valence-corrected chi connectivity index (χ0v) is 27.5. The molecule has 0 heterocycles. The molecule has 0 saturated heterocycles. The molecule has 9 atom stereocenters. The molecule has 2 saturated carbocycles. The van der Waals surface area contributed by atoms with E-state index in [9.17, 15) is 24.6 Å². The van der Waals surface area contributed by atoms with Crippen molar-refractivity contribution >= 4 is 17.9 Å². The normalized spacial score (nSPS) is 38.6. The van der Waals surface area contributed by atoms with Crippen LogP contribution in [0.4, 0.5) is 0 Å². The van der Waals surface area contributed by atoms with Gasteiger partial charge in [-0.25, -0.2) is 0 Å². The summed E-state index contributed by atoms with van der Waals surface area (Å²) in [7, 11) is 0. The molecule has 0 aliphatic heterocycles. The Labute approximate surface area is 253 Å². The standard InChI is InChI=1S/C35H56O7/c1-20(2)23(19-36)10-11-24(31(39)40)30-27(41-21(3)37)18-35(9)26-12-13-28-32(5,6)29(42-22(4)38)15-16-33(28,7)25(26)14-17-34(30,35)8/h20,23-24,27-30,36H,10-19H2,1-9H3,(H,39,40)/t23-,24+,27+,28-,29-,30-,33+,34+,35-/m0/s1. The summed E-state index contributed by atoms with van der Waals surface area (Å²) in [6, 6.07) is 0. The molecule has 2 fully saturated rings. The Morgan fingerprint density at radius 2 is 1.55 bits per heavy atom. The van der Waals surface area contributed by atoms with Gasteiger partial charge in [-0.3, -0.25) is 14.4 Å². The highest BCUT2D eigenvalue weighted by Gasteiger charge is 2.68. The maximum Gasteiger partial charge on any atom is 0.306 e. The molecule has 0 radical (unpaired) electrons. The van der Waals surface area contributed by atoms with Gasteiger partial charge in [-0.1, -0.05) is 59.6 Å². The van der Waals surface area contributed by atoms with Crippen molar-refractivity contribution in [1.29, 1.82) is 0 Å². The Morgan fingerprint density at radius 3 is 2.10 bits per heavy atom. The monoisotopic (exact) mass is 588 g/mol. The van der Waals surface area contributed by atoms with Crippen LogP contribution in [-0.4, -0.2) is 46.9 Å². The number of carboxylic acids is 1. The second-order valence-electron chi connectivity index (χ2n) is 15.8. The van der Waals surface area contributed by atoms with Gasteiger partial charge in [0.25, 0.3) is 0 Å². The van der Waals surface area contributed by atoms with E-state index in [0.29, 0.717) is 25.2 Å². The van der Waals surface area contributed by atoms with Crippen LogP contribution in [0.5, 0.6) is 0 Å². The molecule has 2 N–H and O–H groups in total. The Hall–Kier alpha value is -1.89. The number of carbonyl (C=O) groups excluding carboxylic acids is 2. The van der Waals surface area contributed by atoms with Crippen molar-refractivity contribution in [2.24, 2.45) is 51.2 Å². The van der Waals surface area contributed by atoms with Gasteiger partial charge < -0.3 is 19.7 Å². The first kappa shape index (κ1) is 33.0. The number of carbonyl (C=O) groups is 3. The lowest BCUT2D eigenvalue weighted by molar-refractivity contribution is -0.167. The molecule has 0 amide bonds. The predicted octanol–water partition coefficient (Wildman–Crippen LogP) is 6.95. The SMILES string of the molecule is CC(=O)O[C@H]1CC[C@]2(C)C3=C(CC[C@H]2C1(C)C)[C@]1(C)C[C@@H](OC(C)=O)[C@H]([C@@H](CC[C@@H](CO)C(C)C)C(=O)O)[C@@]1(C)CC3. The molecular formula is C35H56O7. The van der Waals surface area contributed by atoms with Crippen molar-refractivity contribution in [2.45, 2.75) is 132 Å². The molecule has 4 rings (SSSR count). The number of hydrogen-bond donors (Lipinski definition) is 2. The van der Waals surface area contributed by atoms with Crippen molar-refractivity contribution < 1.29 is 34.1 Å². The summed E-state index contributed by atoms with van der Waals surface area (Å²) in [5.74, 6) is -1.66. The molecule has 7 nitrogen and oxygen atoms in total. The van der Waals surface area contributed by atoms with E-state index in [4.69, 9.17) is 9.47 Å². The lowest BCUT2D eigenvalue weighted by atomic mass is 9.43. The third-order valence-corrected chi connectivity index (χ3v) is 13.1. The number of carboxylic acid groups (broad SMARTS) is 1. The number of ether oxygens (including phenoxy) is 2. The average Bonchev–Trinajstić information content (AvgIpc) is 3.09. The van der Waals surface area contributed by atoms with Gasteiger partial charge in [0.05, 0.1) is 5.92 Å². The highest BCUT2D eigenvalue weighted by Crippen LogP contribution is 2.73. The molecule has 0 unspecified atom stereocenters. The average molecular weight is 589 g/mol. The minimum absolute atomic E-state index is 0.00903. The van der Waals surface area contributed by atoms with Crippen molar-refractivity contribution in [1.82, 2.24) is 0 Å². The van der Waals surface area contributed by atoms with Crippen LogP contribution in [0.15, 0.2) is 11.1 Å². The first-order valence-corrected chi connectivity index (χ1v) is 16.3. The Kier molecular flexibility index (Phi) is 9.08. The highest BCUT2D eigenvalue weighted by atomic mass is 16.5. The van der Waals surface area contributed by atoms with Crippen LogP contribution in [0.2, 0.25) is 0 Å². The van der Waals surface area contributed by atoms with Crippen LogP contribution in [0.1, 0.15) is 120 Å². The maximum atomic E-state index is 13.0. The van der Waals surface area contributed by atoms with E-state index in [0.717, 1.165) is 38.5 Å². The predicted molar refractivity (Wildman–Crippen MR) is 161 cm³/mol. The van der Waals surface area contributed by atoms with Crippen LogP contribution in [-0.2, 0) is 23.9 Å². The minimum Gasteiger partial charge on any atom is -0.481 e. The van der Waals surface area contributed by atoms with Gasteiger partial charge in [0.2, 0.25) is 0 Å². The van der Waals surface area contributed by atoms with Gasteiger partial charge in [0, 0.05) is 31.8 Å². The van der Waals surface area contributed by atoms with Gasteiger partial charge in [0.1, 0.15) is 12.2 Å². The largest absolute Gasteiger partial charge is 0.481 e. The molecule has 0 aromatic carbocycles. The van der Waals surface area contributed by atoms with Crippen molar-refractivity contribution in [3.8, 4) is 0 Å². The number of hydrogen-bond acceptors (Lipinski definition) is 6. The second-order valence-corrected chi connectivity index (χ2v) is 15.8. The molecule has 4 aliphatic carbocycles. The first-order valence-electron chi connectivity index (χ1n) is 16.3. The number of fused-ring (bicyclic) bond motifs is 4. The van der Waals surface area contributed by atoms with Gasteiger partial charge in [-0.15, -0.1) is 0 Å². The fourth-order valence-electron chi connectivity index (χ4n) is 10.7. The van der Waals surface area contributed by atoms with E-state index in [1.54, 1.807) is 0 Å². The number of rotatable bonds is 9. The summed E-state index contributed by atoms with van der Waals surface area (Å²) in [5.41, 5.74) is 2.22. The molecule has 238 valence electrons. The van der Waals surface area contributed by atoms with Crippen molar-refractivity contribution in [2.75, 3.05) is 6.61 Å². The Balaban J connectivity index is 1.75. The molecule has 7 heteroatoms. The molecule has 0 bridgehead atoms. The van der Waals surface area contributed by atoms with Crippen LogP contribution in [0.25, 0.3) is 0 Å². The molecule has 0 aromatic rings. The summed E-state index contributed by atoms with van der Waals surface area (Å²) >= 11 is 0. The molecule has 0 spiro atoms. The molecule has 0 aromatic heterocycles. The fraction of sp³-hybridized carbons (Fsp3) is 0.857. The summed E-state index contributed by atoms with van der Waals surface area (Å²) in [5, 5.41) is 20.6. The smallest absolute Gasteiger partial charge is 0.306 e. The number of aliphatic carboxylic acids is 1. The van der Waals surface area contributed by atoms with E-state index >= 15 is 0 Å². The summed E-state index contributed by atoms with van der Waals surface area (Å²) in [6.07, 6.45) is 6.72. The number of esters is 2. The maximum absolute atomic E-state index is 13.0. The van der Waals surface area contributed by atoms with E-state index in [2.05, 4.69) is 48.5 Å². The minimum atomic E-state index is -0.830. The zero-order chi connectivity index (χ0) is 31.4. The van der Waals surface area contributed by atoms with Crippen LogP contribution >= 0.6 is 0 Å². The number of allylic oxidation sites excluding steroid dienone is 2. The lowest BCUT2D eigenvalue weighted by Crippen LogP contribution is -2.56. The highest BCUT2D eigenvalue weighted by molar-refractivity contribution is 5.71. The van der Waals surface area contributed by atoms with E-state index < -0.39 is 18.0 Å². The third-order valence-electron chi connectivity index (χ3n) is 13.1. The summed E-state index contributed by atoms with van der Waals surface area (Å²) < 4.78 is 11.9. The van der Waals surface area contributed by atoms with E-state index in [1.807, 2.05) is 0 Å². The van der Waals surface area contributed by atoms with E-state index in [-0.39, 0.29) is 64.1 Å². The van der Waals surface area contributed by atoms with Crippen molar-refractivity contribution in [3.63, 3.8) is 0 Å². The summed E-state index contributed by atoms with van der Waals surface area (Å²) in [6.45, 7) is 18.6. The molecule has 4 aliphatic rings. The van der Waals surface area contributed by atoms with Gasteiger partial charge in [-0.05, 0) is 91.8 Å². The molecular weight excluding hydrogens is 532 g/mol. The topological polar surface area (TPSA) is 110 Å². The number of aliphatic hydroxyl groups excluding tert-OH is 1. The third kappa shape index (κ3) is 5.24. The fourth-order valence-corrected chi connectivity index (χ4v) is 10.7. The van der Waals surface area contributed by atoms with Gasteiger partial charge >= 0.3 is 17.9 Å². The van der Waals surface area contributed by atoms with Crippen LogP contribution in [0.3, 0.4) is 0 Å².